The lowest BCUT2D eigenvalue weighted by molar-refractivity contribution is -0.138. The summed E-state index contributed by atoms with van der Waals surface area (Å²) in [5, 5.41) is 0. The molecule has 1 amide bonds. The molecule has 5 rings (SSSR count). The summed E-state index contributed by atoms with van der Waals surface area (Å²) in [6, 6.07) is 2.01. The van der Waals surface area contributed by atoms with E-state index in [0.29, 0.717) is 43.4 Å². The number of ether oxygens (including phenoxy) is 3. The van der Waals surface area contributed by atoms with Crippen LogP contribution in [-0.4, -0.2) is 72.7 Å². The smallest absolute Gasteiger partial charge is 0.257 e. The highest BCUT2D eigenvalue weighted by atomic mass is 32.2. The van der Waals surface area contributed by atoms with E-state index in [1.54, 1.807) is 11.9 Å². The summed E-state index contributed by atoms with van der Waals surface area (Å²) < 4.78 is 19.0. The minimum Gasteiger partial charge on any atom is -0.484 e. The molecule has 7 nitrogen and oxygen atoms in total. The molecule has 4 aliphatic rings. The van der Waals surface area contributed by atoms with Gasteiger partial charge in [-0.1, -0.05) is 0 Å². The molecule has 0 aliphatic carbocycles. The van der Waals surface area contributed by atoms with Crippen LogP contribution >= 0.6 is 11.9 Å². The van der Waals surface area contributed by atoms with Crippen molar-refractivity contribution in [2.45, 2.75) is 17.7 Å². The van der Waals surface area contributed by atoms with Crippen LogP contribution in [-0.2, 0) is 9.53 Å². The van der Waals surface area contributed by atoms with E-state index in [1.807, 2.05) is 12.3 Å². The molecule has 27 heavy (non-hydrogen) atoms. The Hall–Kier alpha value is -1.51. The third kappa shape index (κ3) is 3.62. The van der Waals surface area contributed by atoms with E-state index in [4.69, 9.17) is 14.2 Å². The van der Waals surface area contributed by atoms with Crippen molar-refractivity contribution in [2.75, 3.05) is 52.6 Å². The molecule has 8 heteroatoms. The Morgan fingerprint density at radius 1 is 1.11 bits per heavy atom. The lowest BCUT2D eigenvalue weighted by Crippen LogP contribution is -2.39. The summed E-state index contributed by atoms with van der Waals surface area (Å²) in [4.78, 5) is 20.3. The monoisotopic (exact) mass is 391 g/mol. The predicted octanol–water partition coefficient (Wildman–Crippen LogP) is 1.68. The van der Waals surface area contributed by atoms with Gasteiger partial charge in [-0.3, -0.25) is 4.79 Å². The molecule has 3 unspecified atom stereocenters. The fourth-order valence-electron chi connectivity index (χ4n) is 4.51. The minimum atomic E-state index is 0.0758. The fourth-order valence-corrected chi connectivity index (χ4v) is 5.60. The summed E-state index contributed by atoms with van der Waals surface area (Å²) in [5.41, 5.74) is 0. The zero-order chi connectivity index (χ0) is 18.2. The van der Waals surface area contributed by atoms with E-state index in [1.165, 1.54) is 0 Å². The van der Waals surface area contributed by atoms with Gasteiger partial charge in [0.05, 0.1) is 12.5 Å². The van der Waals surface area contributed by atoms with Crippen LogP contribution in [0.3, 0.4) is 0 Å². The van der Waals surface area contributed by atoms with Crippen LogP contribution in [0.15, 0.2) is 17.2 Å². The van der Waals surface area contributed by atoms with Gasteiger partial charge in [0.25, 0.3) is 5.88 Å². The number of amides is 1. The number of carbonyl (C=O) groups excluding carboxylic acids is 1. The number of likely N-dealkylation sites (tertiary alicyclic amines) is 1. The van der Waals surface area contributed by atoms with Crippen LogP contribution < -0.4 is 9.47 Å². The first-order chi connectivity index (χ1) is 13.3. The number of hydrogen-bond acceptors (Lipinski definition) is 7. The van der Waals surface area contributed by atoms with Crippen LogP contribution in [0.1, 0.15) is 12.8 Å². The third-order valence-corrected chi connectivity index (χ3v) is 6.87. The molecular weight excluding hydrogens is 366 g/mol. The van der Waals surface area contributed by atoms with E-state index >= 15 is 0 Å². The molecule has 0 spiro atoms. The number of aromatic nitrogens is 1. The molecule has 4 aliphatic heterocycles. The van der Waals surface area contributed by atoms with Gasteiger partial charge in [0, 0.05) is 49.9 Å². The molecule has 3 fully saturated rings. The summed E-state index contributed by atoms with van der Waals surface area (Å²) in [6.07, 6.45) is 3.83. The highest BCUT2D eigenvalue weighted by Crippen LogP contribution is 2.39. The maximum Gasteiger partial charge on any atom is 0.257 e. The zero-order valence-electron chi connectivity index (χ0n) is 15.3. The van der Waals surface area contributed by atoms with Crippen molar-refractivity contribution in [3.8, 4) is 11.6 Å². The van der Waals surface area contributed by atoms with Crippen molar-refractivity contribution in [2.24, 2.45) is 17.8 Å². The molecule has 146 valence electrons. The lowest BCUT2D eigenvalue weighted by atomic mass is 10.0. The average molecular weight is 391 g/mol. The number of carbonyl (C=O) groups is 1. The first-order valence-electron chi connectivity index (χ1n) is 9.81. The van der Waals surface area contributed by atoms with Gasteiger partial charge in [0.1, 0.15) is 13.2 Å². The summed E-state index contributed by atoms with van der Waals surface area (Å²) in [7, 11) is 0. The van der Waals surface area contributed by atoms with E-state index < -0.39 is 0 Å². The second-order valence-corrected chi connectivity index (χ2v) is 8.96. The average Bonchev–Trinajstić information content (AvgIpc) is 3.26. The molecular formula is C19H25N3O4S. The first kappa shape index (κ1) is 17.6. The summed E-state index contributed by atoms with van der Waals surface area (Å²) in [5.74, 6) is 2.83. The second-order valence-electron chi connectivity index (χ2n) is 7.79. The molecule has 1 aromatic heterocycles. The topological polar surface area (TPSA) is 64.1 Å². The van der Waals surface area contributed by atoms with Gasteiger partial charge in [-0.15, -0.1) is 0 Å². The summed E-state index contributed by atoms with van der Waals surface area (Å²) in [6.45, 7) is 6.33. The Bertz CT molecular complexity index is 698. The van der Waals surface area contributed by atoms with E-state index in [-0.39, 0.29) is 5.92 Å². The van der Waals surface area contributed by atoms with Crippen LogP contribution in [0, 0.1) is 17.8 Å². The Morgan fingerprint density at radius 3 is 2.70 bits per heavy atom. The lowest BCUT2D eigenvalue weighted by Gasteiger charge is -2.27. The van der Waals surface area contributed by atoms with E-state index in [9.17, 15) is 4.79 Å². The van der Waals surface area contributed by atoms with E-state index in [0.717, 1.165) is 56.3 Å². The molecule has 3 saturated heterocycles. The molecule has 0 radical (unpaired) electrons. The Morgan fingerprint density at radius 2 is 1.93 bits per heavy atom. The van der Waals surface area contributed by atoms with Crippen LogP contribution in [0.5, 0.6) is 11.6 Å². The van der Waals surface area contributed by atoms with E-state index in [2.05, 4.69) is 14.2 Å². The van der Waals surface area contributed by atoms with Crippen molar-refractivity contribution >= 4 is 17.9 Å². The zero-order valence-corrected chi connectivity index (χ0v) is 16.2. The number of rotatable bonds is 3. The quantitative estimate of drug-likeness (QED) is 0.727. The number of pyridine rings is 1. The Kier molecular flexibility index (Phi) is 4.87. The van der Waals surface area contributed by atoms with Gasteiger partial charge >= 0.3 is 0 Å². The van der Waals surface area contributed by atoms with Crippen molar-refractivity contribution < 1.29 is 19.0 Å². The molecule has 0 aromatic carbocycles. The van der Waals surface area contributed by atoms with Gasteiger partial charge < -0.3 is 19.1 Å². The SMILES string of the molecule is O=C(C1CCCOC1)N1CC2CN(Sc3cnc4c(c3)OCCO4)CC2C1. The first-order valence-corrected chi connectivity index (χ1v) is 10.6. The van der Waals surface area contributed by atoms with Gasteiger partial charge in [-0.25, -0.2) is 9.29 Å². The largest absolute Gasteiger partial charge is 0.484 e. The van der Waals surface area contributed by atoms with Crippen molar-refractivity contribution in [3.63, 3.8) is 0 Å². The van der Waals surface area contributed by atoms with Gasteiger partial charge in [-0.05, 0) is 36.6 Å². The summed E-state index contributed by atoms with van der Waals surface area (Å²) >= 11 is 1.73. The Labute approximate surface area is 163 Å². The van der Waals surface area contributed by atoms with Crippen molar-refractivity contribution in [1.29, 1.82) is 0 Å². The highest BCUT2D eigenvalue weighted by Gasteiger charge is 2.43. The van der Waals surface area contributed by atoms with Gasteiger partial charge in [-0.2, -0.15) is 0 Å². The van der Waals surface area contributed by atoms with Gasteiger partial charge in [0.2, 0.25) is 5.91 Å². The molecule has 5 heterocycles. The fraction of sp³-hybridized carbons (Fsp3) is 0.684. The third-order valence-electron chi connectivity index (χ3n) is 5.88. The molecule has 0 saturated carbocycles. The van der Waals surface area contributed by atoms with Crippen molar-refractivity contribution in [1.82, 2.24) is 14.2 Å². The second kappa shape index (κ2) is 7.48. The maximum atomic E-state index is 12.7. The molecule has 0 N–H and O–H groups in total. The van der Waals surface area contributed by atoms with Crippen LogP contribution in [0.4, 0.5) is 0 Å². The predicted molar refractivity (Wildman–Crippen MR) is 99.8 cm³/mol. The maximum absolute atomic E-state index is 12.7. The Balaban J connectivity index is 1.16. The van der Waals surface area contributed by atoms with Crippen LogP contribution in [0.2, 0.25) is 0 Å². The minimum absolute atomic E-state index is 0.0758. The van der Waals surface area contributed by atoms with Crippen molar-refractivity contribution in [3.05, 3.63) is 12.3 Å². The number of nitrogens with zero attached hydrogens (tertiary/aromatic N) is 3. The van der Waals surface area contributed by atoms with Crippen LogP contribution in [0.25, 0.3) is 0 Å². The normalized spacial score (nSPS) is 30.4. The molecule has 1 aromatic rings. The highest BCUT2D eigenvalue weighted by molar-refractivity contribution is 7.97. The van der Waals surface area contributed by atoms with Gasteiger partial charge in [0.15, 0.2) is 5.75 Å². The standard InChI is InChI=1S/C19H25N3O4S/c23-19(13-2-1-3-24-12-13)21-8-14-10-22(11-15(14)9-21)27-16-6-17-18(20-7-16)26-5-4-25-17/h6-7,13-15H,1-5,8-12H2. The molecule has 0 bridgehead atoms. The molecule has 3 atom stereocenters. The number of fused-ring (bicyclic) bond motifs is 2. The number of hydrogen-bond donors (Lipinski definition) is 0.